The van der Waals surface area contributed by atoms with Crippen LogP contribution < -0.4 is 0 Å². The summed E-state index contributed by atoms with van der Waals surface area (Å²) in [5, 5.41) is 0. The van der Waals surface area contributed by atoms with Gasteiger partial charge in [0.05, 0.1) is 5.41 Å². The summed E-state index contributed by atoms with van der Waals surface area (Å²) >= 11 is 0. The van der Waals surface area contributed by atoms with Crippen LogP contribution in [0.2, 0.25) is 0 Å². The Labute approximate surface area is 124 Å². The average molecular weight is 274 g/mol. The quantitative estimate of drug-likeness (QED) is 0.649. The lowest BCUT2D eigenvalue weighted by atomic mass is 9.73. The minimum atomic E-state index is -0.341. The Balaban J connectivity index is 3.14. The summed E-state index contributed by atoms with van der Waals surface area (Å²) in [5.41, 5.74) is 2.46. The first-order valence-corrected chi connectivity index (χ1v) is 7.96. The smallest absolute Gasteiger partial charge is 0.140 e. The summed E-state index contributed by atoms with van der Waals surface area (Å²) in [6, 6.07) is 8.77. The third kappa shape index (κ3) is 3.13. The van der Waals surface area contributed by atoms with E-state index in [9.17, 15) is 4.79 Å². The van der Waals surface area contributed by atoms with E-state index in [1.807, 2.05) is 0 Å². The van der Waals surface area contributed by atoms with Crippen molar-refractivity contribution in [2.24, 2.45) is 0 Å². The Bertz CT molecular complexity index is 445. The molecular formula is C19H30O. The van der Waals surface area contributed by atoms with Crippen molar-refractivity contribution >= 4 is 5.78 Å². The largest absolute Gasteiger partial charge is 0.299 e. The number of rotatable bonds is 7. The molecule has 0 aliphatic heterocycles. The van der Waals surface area contributed by atoms with Gasteiger partial charge in [-0.3, -0.25) is 4.79 Å². The first-order valence-electron chi connectivity index (χ1n) is 7.96. The number of Topliss-reactive ketones (excluding diaryl/α,β-unsaturated/α-hetero) is 1. The zero-order chi connectivity index (χ0) is 15.4. The van der Waals surface area contributed by atoms with Gasteiger partial charge in [-0.2, -0.15) is 0 Å². The highest BCUT2D eigenvalue weighted by Gasteiger charge is 2.30. The van der Waals surface area contributed by atoms with Crippen molar-refractivity contribution in [2.45, 2.75) is 78.1 Å². The zero-order valence-electron chi connectivity index (χ0n) is 14.0. The van der Waals surface area contributed by atoms with Crippen LogP contribution >= 0.6 is 0 Å². The number of hydrogen-bond acceptors (Lipinski definition) is 1. The molecule has 0 fully saturated rings. The predicted octanol–water partition coefficient (Wildman–Crippen LogP) is 5.41. The summed E-state index contributed by atoms with van der Waals surface area (Å²) in [6.45, 7) is 12.7. The fraction of sp³-hybridized carbons (Fsp3) is 0.632. The molecule has 0 saturated heterocycles. The standard InChI is InChI=1S/C19H30O/c1-7-14-18(5,8-2)16-10-12-17(13-11-16)19(6,9-3)15(4)20/h10-13H,7-9,14H2,1-6H3. The minimum Gasteiger partial charge on any atom is -0.299 e. The van der Waals surface area contributed by atoms with Gasteiger partial charge >= 0.3 is 0 Å². The number of benzene rings is 1. The molecule has 0 aliphatic carbocycles. The number of ketones is 1. The Hall–Kier alpha value is -1.11. The summed E-state index contributed by atoms with van der Waals surface area (Å²) < 4.78 is 0. The highest BCUT2D eigenvalue weighted by atomic mass is 16.1. The Morgan fingerprint density at radius 3 is 1.80 bits per heavy atom. The number of hydrogen-bond donors (Lipinski definition) is 0. The Morgan fingerprint density at radius 2 is 1.45 bits per heavy atom. The van der Waals surface area contributed by atoms with Crippen LogP contribution in [-0.4, -0.2) is 5.78 Å². The fourth-order valence-corrected chi connectivity index (χ4v) is 2.97. The molecule has 1 aromatic rings. The molecule has 0 radical (unpaired) electrons. The van der Waals surface area contributed by atoms with Gasteiger partial charge in [0, 0.05) is 0 Å². The lowest BCUT2D eigenvalue weighted by Gasteiger charge is -2.30. The molecule has 1 heteroatoms. The van der Waals surface area contributed by atoms with Crippen LogP contribution in [0.15, 0.2) is 24.3 Å². The topological polar surface area (TPSA) is 17.1 Å². The van der Waals surface area contributed by atoms with Gasteiger partial charge in [0.15, 0.2) is 0 Å². The molecule has 2 unspecified atom stereocenters. The SMILES string of the molecule is CCCC(C)(CC)c1ccc(C(C)(CC)C(C)=O)cc1. The zero-order valence-corrected chi connectivity index (χ0v) is 14.0. The van der Waals surface area contributed by atoms with E-state index < -0.39 is 0 Å². The van der Waals surface area contributed by atoms with Crippen molar-refractivity contribution in [3.8, 4) is 0 Å². The van der Waals surface area contributed by atoms with Gasteiger partial charge in [-0.1, -0.05) is 58.4 Å². The second kappa shape index (κ2) is 6.56. The number of carbonyl (C=O) groups excluding carboxylic acids is 1. The summed E-state index contributed by atoms with van der Waals surface area (Å²) in [7, 11) is 0. The Morgan fingerprint density at radius 1 is 0.950 bits per heavy atom. The Kier molecular flexibility index (Phi) is 5.56. The van der Waals surface area contributed by atoms with Crippen LogP contribution in [-0.2, 0) is 15.6 Å². The second-order valence-corrected chi connectivity index (χ2v) is 6.48. The van der Waals surface area contributed by atoms with Crippen molar-refractivity contribution < 1.29 is 4.79 Å². The molecule has 1 aromatic carbocycles. The lowest BCUT2D eigenvalue weighted by Crippen LogP contribution is -2.30. The van der Waals surface area contributed by atoms with E-state index in [1.54, 1.807) is 6.92 Å². The third-order valence-corrected chi connectivity index (χ3v) is 5.29. The number of carbonyl (C=O) groups is 1. The monoisotopic (exact) mass is 274 g/mol. The molecule has 0 aliphatic rings. The molecule has 1 rings (SSSR count). The van der Waals surface area contributed by atoms with E-state index in [2.05, 4.69) is 58.9 Å². The predicted molar refractivity (Wildman–Crippen MR) is 87.3 cm³/mol. The van der Waals surface area contributed by atoms with Crippen molar-refractivity contribution in [3.63, 3.8) is 0 Å². The van der Waals surface area contributed by atoms with Gasteiger partial charge < -0.3 is 0 Å². The molecule has 2 atom stereocenters. The molecule has 0 saturated carbocycles. The van der Waals surface area contributed by atoms with Gasteiger partial charge in [-0.15, -0.1) is 0 Å². The fourth-order valence-electron chi connectivity index (χ4n) is 2.97. The molecule has 0 N–H and O–H groups in total. The first-order chi connectivity index (χ1) is 9.34. The summed E-state index contributed by atoms with van der Waals surface area (Å²) in [6.07, 6.45) is 4.41. The average Bonchev–Trinajstić information content (AvgIpc) is 2.46. The van der Waals surface area contributed by atoms with E-state index in [1.165, 1.54) is 18.4 Å². The lowest BCUT2D eigenvalue weighted by molar-refractivity contribution is -0.122. The summed E-state index contributed by atoms with van der Waals surface area (Å²) in [4.78, 5) is 11.9. The molecular weight excluding hydrogens is 244 g/mol. The van der Waals surface area contributed by atoms with E-state index in [0.29, 0.717) is 0 Å². The van der Waals surface area contributed by atoms with Gasteiger partial charge in [-0.25, -0.2) is 0 Å². The second-order valence-electron chi connectivity index (χ2n) is 6.48. The van der Waals surface area contributed by atoms with Gasteiger partial charge in [0.1, 0.15) is 5.78 Å². The van der Waals surface area contributed by atoms with Crippen molar-refractivity contribution in [2.75, 3.05) is 0 Å². The van der Waals surface area contributed by atoms with Crippen LogP contribution in [0.4, 0.5) is 0 Å². The maximum atomic E-state index is 11.9. The molecule has 112 valence electrons. The molecule has 0 spiro atoms. The van der Waals surface area contributed by atoms with Crippen LogP contribution in [0.5, 0.6) is 0 Å². The van der Waals surface area contributed by atoms with Crippen molar-refractivity contribution in [1.82, 2.24) is 0 Å². The van der Waals surface area contributed by atoms with Crippen LogP contribution in [0.3, 0.4) is 0 Å². The van der Waals surface area contributed by atoms with Crippen molar-refractivity contribution in [3.05, 3.63) is 35.4 Å². The molecule has 0 heterocycles. The third-order valence-electron chi connectivity index (χ3n) is 5.29. The molecule has 1 nitrogen and oxygen atoms in total. The van der Waals surface area contributed by atoms with E-state index in [4.69, 9.17) is 0 Å². The minimum absolute atomic E-state index is 0.250. The molecule has 0 amide bonds. The van der Waals surface area contributed by atoms with Gasteiger partial charge in [0.25, 0.3) is 0 Å². The normalized spacial score (nSPS) is 17.3. The van der Waals surface area contributed by atoms with Gasteiger partial charge in [-0.05, 0) is 49.7 Å². The van der Waals surface area contributed by atoms with E-state index in [0.717, 1.165) is 18.4 Å². The maximum absolute atomic E-state index is 11.9. The van der Waals surface area contributed by atoms with Crippen LogP contribution in [0.1, 0.15) is 78.4 Å². The maximum Gasteiger partial charge on any atom is 0.140 e. The van der Waals surface area contributed by atoms with E-state index >= 15 is 0 Å². The molecule has 0 bridgehead atoms. The molecule has 20 heavy (non-hydrogen) atoms. The highest BCUT2D eigenvalue weighted by molar-refractivity contribution is 5.87. The van der Waals surface area contributed by atoms with Gasteiger partial charge in [0.2, 0.25) is 0 Å². The van der Waals surface area contributed by atoms with E-state index in [-0.39, 0.29) is 16.6 Å². The highest BCUT2D eigenvalue weighted by Crippen LogP contribution is 2.35. The van der Waals surface area contributed by atoms with Crippen molar-refractivity contribution in [1.29, 1.82) is 0 Å². The summed E-state index contributed by atoms with van der Waals surface area (Å²) in [5.74, 6) is 0.250. The van der Waals surface area contributed by atoms with Crippen LogP contribution in [0.25, 0.3) is 0 Å². The molecule has 0 aromatic heterocycles. The van der Waals surface area contributed by atoms with Crippen LogP contribution in [0, 0.1) is 0 Å². The first kappa shape index (κ1) is 16.9.